The molecular weight excluding hydrogens is 300 g/mol. The number of aliphatic hydroxyl groups is 1. The molecule has 0 radical (unpaired) electrons. The lowest BCUT2D eigenvalue weighted by Crippen LogP contribution is -2.56. The van der Waals surface area contributed by atoms with Crippen molar-refractivity contribution in [2.45, 2.75) is 71.8 Å². The number of ketones is 2. The Kier molecular flexibility index (Phi) is 3.62. The van der Waals surface area contributed by atoms with Gasteiger partial charge in [-0.15, -0.1) is 0 Å². The van der Waals surface area contributed by atoms with Crippen molar-refractivity contribution in [1.82, 2.24) is 0 Å². The fraction of sp³-hybridized carbons (Fsp3) is 0.810. The molecule has 7 atom stereocenters. The highest BCUT2D eigenvalue weighted by molar-refractivity contribution is 5.82. The van der Waals surface area contributed by atoms with Crippen LogP contribution in [0.5, 0.6) is 0 Å². The molecule has 4 aliphatic rings. The molecule has 132 valence electrons. The molecule has 0 aromatic heterocycles. The number of hydrogen-bond acceptors (Lipinski definition) is 3. The van der Waals surface area contributed by atoms with Crippen molar-refractivity contribution in [3.05, 3.63) is 11.6 Å². The SMILES string of the molecule is CC(=O)[C@H]1CC[C@H]2[C@@H]3CC=C4CC(=O)CC[C@]4(C)[C@H]3C(O)C[C@]12C. The van der Waals surface area contributed by atoms with Gasteiger partial charge in [-0.1, -0.05) is 25.5 Å². The Balaban J connectivity index is 1.73. The number of carbonyl (C=O) groups excluding carboxylic acids is 2. The number of allylic oxidation sites excluding steroid dienone is 2. The molecule has 1 unspecified atom stereocenters. The Morgan fingerprint density at radius 3 is 2.75 bits per heavy atom. The van der Waals surface area contributed by atoms with E-state index in [4.69, 9.17) is 0 Å². The van der Waals surface area contributed by atoms with E-state index in [2.05, 4.69) is 19.9 Å². The highest BCUT2D eigenvalue weighted by Gasteiger charge is 2.62. The van der Waals surface area contributed by atoms with Gasteiger partial charge in [0.15, 0.2) is 0 Å². The van der Waals surface area contributed by atoms with Crippen LogP contribution in [0.1, 0.15) is 65.7 Å². The highest BCUT2D eigenvalue weighted by atomic mass is 16.3. The fourth-order valence-corrected chi connectivity index (χ4v) is 7.28. The van der Waals surface area contributed by atoms with E-state index in [1.165, 1.54) is 5.57 Å². The summed E-state index contributed by atoms with van der Waals surface area (Å²) in [6, 6.07) is 0. The van der Waals surface area contributed by atoms with Crippen LogP contribution in [0.25, 0.3) is 0 Å². The van der Waals surface area contributed by atoms with Gasteiger partial charge in [0.2, 0.25) is 0 Å². The van der Waals surface area contributed by atoms with Crippen molar-refractivity contribution in [3.8, 4) is 0 Å². The van der Waals surface area contributed by atoms with E-state index in [9.17, 15) is 14.7 Å². The van der Waals surface area contributed by atoms with E-state index in [1.54, 1.807) is 6.92 Å². The van der Waals surface area contributed by atoms with E-state index in [0.29, 0.717) is 36.2 Å². The predicted molar refractivity (Wildman–Crippen MR) is 92.3 cm³/mol. The van der Waals surface area contributed by atoms with Crippen LogP contribution in [0.2, 0.25) is 0 Å². The maximum Gasteiger partial charge on any atom is 0.136 e. The van der Waals surface area contributed by atoms with E-state index in [0.717, 1.165) is 32.1 Å². The minimum absolute atomic E-state index is 0.0219. The molecule has 24 heavy (non-hydrogen) atoms. The number of aliphatic hydroxyl groups excluding tert-OH is 1. The van der Waals surface area contributed by atoms with Crippen molar-refractivity contribution in [2.75, 3.05) is 0 Å². The highest BCUT2D eigenvalue weighted by Crippen LogP contribution is 2.66. The van der Waals surface area contributed by atoms with Crippen molar-refractivity contribution < 1.29 is 14.7 Å². The first kappa shape index (κ1) is 16.5. The van der Waals surface area contributed by atoms with Crippen LogP contribution in [-0.2, 0) is 9.59 Å². The largest absolute Gasteiger partial charge is 0.393 e. The number of carbonyl (C=O) groups is 2. The summed E-state index contributed by atoms with van der Waals surface area (Å²) in [5.41, 5.74) is 1.22. The molecule has 3 heteroatoms. The van der Waals surface area contributed by atoms with Gasteiger partial charge >= 0.3 is 0 Å². The lowest BCUT2D eigenvalue weighted by atomic mass is 9.46. The lowest BCUT2D eigenvalue weighted by Gasteiger charge is -2.59. The quantitative estimate of drug-likeness (QED) is 0.746. The second-order valence-electron chi connectivity index (χ2n) is 9.41. The number of rotatable bonds is 1. The summed E-state index contributed by atoms with van der Waals surface area (Å²) in [5, 5.41) is 11.2. The van der Waals surface area contributed by atoms with Gasteiger partial charge in [0, 0.05) is 18.8 Å². The van der Waals surface area contributed by atoms with Gasteiger partial charge in [-0.2, -0.15) is 0 Å². The Morgan fingerprint density at radius 1 is 1.29 bits per heavy atom. The molecule has 3 nitrogen and oxygen atoms in total. The van der Waals surface area contributed by atoms with Gasteiger partial charge in [-0.05, 0) is 67.6 Å². The van der Waals surface area contributed by atoms with Gasteiger partial charge in [0.25, 0.3) is 0 Å². The first-order chi connectivity index (χ1) is 11.3. The summed E-state index contributed by atoms with van der Waals surface area (Å²) in [4.78, 5) is 24.1. The van der Waals surface area contributed by atoms with E-state index < -0.39 is 0 Å². The lowest BCUT2D eigenvalue weighted by molar-refractivity contribution is -0.142. The van der Waals surface area contributed by atoms with Gasteiger partial charge in [0.1, 0.15) is 11.6 Å². The second kappa shape index (κ2) is 5.27. The maximum absolute atomic E-state index is 12.2. The predicted octanol–water partition coefficient (Wildman–Crippen LogP) is 3.69. The Labute approximate surface area is 144 Å². The molecule has 3 saturated carbocycles. The fourth-order valence-electron chi connectivity index (χ4n) is 7.28. The van der Waals surface area contributed by atoms with Crippen LogP contribution in [0.3, 0.4) is 0 Å². The molecule has 4 rings (SSSR count). The third kappa shape index (κ3) is 2.06. The zero-order chi connectivity index (χ0) is 17.3. The summed E-state index contributed by atoms with van der Waals surface area (Å²) >= 11 is 0. The summed E-state index contributed by atoms with van der Waals surface area (Å²) in [6.07, 6.45) is 7.92. The smallest absolute Gasteiger partial charge is 0.136 e. The molecule has 4 aliphatic carbocycles. The van der Waals surface area contributed by atoms with Gasteiger partial charge in [0.05, 0.1) is 6.10 Å². The first-order valence-electron chi connectivity index (χ1n) is 9.67. The van der Waals surface area contributed by atoms with Crippen LogP contribution in [0, 0.1) is 34.5 Å². The Morgan fingerprint density at radius 2 is 2.04 bits per heavy atom. The second-order valence-corrected chi connectivity index (χ2v) is 9.41. The zero-order valence-corrected chi connectivity index (χ0v) is 15.2. The molecule has 0 aliphatic heterocycles. The van der Waals surface area contributed by atoms with Crippen LogP contribution in [0.4, 0.5) is 0 Å². The molecule has 0 heterocycles. The van der Waals surface area contributed by atoms with Crippen LogP contribution in [-0.4, -0.2) is 22.8 Å². The number of hydrogen-bond donors (Lipinski definition) is 1. The zero-order valence-electron chi connectivity index (χ0n) is 15.2. The summed E-state index contributed by atoms with van der Waals surface area (Å²) in [6.45, 7) is 6.26. The number of fused-ring (bicyclic) bond motifs is 5. The minimum Gasteiger partial charge on any atom is -0.393 e. The van der Waals surface area contributed by atoms with Crippen molar-refractivity contribution in [1.29, 1.82) is 0 Å². The van der Waals surface area contributed by atoms with E-state index >= 15 is 0 Å². The summed E-state index contributed by atoms with van der Waals surface area (Å²) in [5.74, 6) is 2.02. The molecular formula is C21H30O3. The van der Waals surface area contributed by atoms with Gasteiger partial charge in [-0.3, -0.25) is 9.59 Å². The topological polar surface area (TPSA) is 54.4 Å². The summed E-state index contributed by atoms with van der Waals surface area (Å²) in [7, 11) is 0. The van der Waals surface area contributed by atoms with E-state index in [-0.39, 0.29) is 28.8 Å². The summed E-state index contributed by atoms with van der Waals surface area (Å²) < 4.78 is 0. The van der Waals surface area contributed by atoms with Crippen molar-refractivity contribution in [3.63, 3.8) is 0 Å². The molecule has 0 saturated heterocycles. The third-order valence-corrected chi connectivity index (χ3v) is 8.36. The average molecular weight is 330 g/mol. The number of Topliss-reactive ketones (excluding diaryl/α,β-unsaturated/α-hetero) is 2. The Bertz CT molecular complexity index is 621. The van der Waals surface area contributed by atoms with Crippen LogP contribution < -0.4 is 0 Å². The standard InChI is InChI=1S/C21H30O3/c1-12(22)16-6-7-17-15-5-4-13-10-14(23)8-9-20(13,2)19(15)18(24)11-21(16,17)3/h4,15-19,24H,5-11H2,1-3H3/t15-,16+,17-,18?,19+,20-,21+/m0/s1. The van der Waals surface area contributed by atoms with Gasteiger partial charge < -0.3 is 5.11 Å². The van der Waals surface area contributed by atoms with E-state index in [1.807, 2.05) is 0 Å². The molecule has 0 spiro atoms. The average Bonchev–Trinajstić information content (AvgIpc) is 2.84. The minimum atomic E-state index is -0.349. The maximum atomic E-state index is 12.2. The van der Waals surface area contributed by atoms with Crippen LogP contribution in [0.15, 0.2) is 11.6 Å². The van der Waals surface area contributed by atoms with Crippen LogP contribution >= 0.6 is 0 Å². The Hall–Kier alpha value is -0.960. The third-order valence-electron chi connectivity index (χ3n) is 8.36. The molecule has 3 fully saturated rings. The van der Waals surface area contributed by atoms with Crippen molar-refractivity contribution in [2.24, 2.45) is 34.5 Å². The first-order valence-corrected chi connectivity index (χ1v) is 9.67. The molecule has 0 bridgehead atoms. The van der Waals surface area contributed by atoms with Crippen molar-refractivity contribution >= 4 is 11.6 Å². The van der Waals surface area contributed by atoms with Gasteiger partial charge in [-0.25, -0.2) is 0 Å². The monoisotopic (exact) mass is 330 g/mol. The molecule has 1 N–H and O–H groups in total. The molecule has 0 amide bonds. The molecule has 0 aromatic carbocycles. The normalized spacial score (nSPS) is 50.6. The molecule has 0 aromatic rings.